The van der Waals surface area contributed by atoms with E-state index >= 15 is 0 Å². The largest absolute Gasteiger partial charge is 0.467 e. The molecule has 2 saturated heterocycles. The zero-order chi connectivity index (χ0) is 21.0. The Bertz CT molecular complexity index is 1180. The van der Waals surface area contributed by atoms with E-state index < -0.39 is 17.4 Å². The minimum absolute atomic E-state index is 0.0416. The van der Waals surface area contributed by atoms with Crippen molar-refractivity contribution in [3.8, 4) is 0 Å². The van der Waals surface area contributed by atoms with E-state index in [9.17, 15) is 9.59 Å². The number of carbonyl (C=O) groups is 2. The maximum atomic E-state index is 13.2. The fourth-order valence-electron chi connectivity index (χ4n) is 5.38. The number of para-hydroxylation sites is 1. The van der Waals surface area contributed by atoms with Crippen LogP contribution < -0.4 is 5.32 Å². The lowest BCUT2D eigenvalue weighted by Gasteiger charge is -2.23. The first-order chi connectivity index (χ1) is 15.1. The SMILES string of the molecule is O=C(NCCc1c[nH]c2ccccc12)[C@H]1[C@H]2C(=O)N(Cc3ccco3)C[C@]23C=C[C@H]1O3. The summed E-state index contributed by atoms with van der Waals surface area (Å²) in [7, 11) is 0. The Hall–Kier alpha value is -3.32. The van der Waals surface area contributed by atoms with Crippen molar-refractivity contribution in [1.29, 1.82) is 0 Å². The maximum absolute atomic E-state index is 13.2. The number of aromatic amines is 1. The van der Waals surface area contributed by atoms with Gasteiger partial charge < -0.3 is 24.4 Å². The molecular weight excluding hydrogens is 394 g/mol. The summed E-state index contributed by atoms with van der Waals surface area (Å²) in [6, 6.07) is 11.8. The third kappa shape index (κ3) is 2.84. The Morgan fingerprint density at radius 1 is 1.26 bits per heavy atom. The van der Waals surface area contributed by atoms with Gasteiger partial charge in [0.05, 0.1) is 37.3 Å². The van der Waals surface area contributed by atoms with Gasteiger partial charge in [0, 0.05) is 23.6 Å². The summed E-state index contributed by atoms with van der Waals surface area (Å²) < 4.78 is 11.6. The van der Waals surface area contributed by atoms with E-state index in [-0.39, 0.29) is 17.9 Å². The zero-order valence-electron chi connectivity index (χ0n) is 16.9. The van der Waals surface area contributed by atoms with Crippen LogP contribution in [-0.4, -0.2) is 46.5 Å². The molecular formula is C24H23N3O4. The number of H-pyrrole nitrogens is 1. The van der Waals surface area contributed by atoms with E-state index in [4.69, 9.17) is 9.15 Å². The molecule has 1 aromatic carbocycles. The molecule has 2 amide bonds. The molecule has 7 heteroatoms. The molecule has 4 atom stereocenters. The van der Waals surface area contributed by atoms with Gasteiger partial charge in [-0.3, -0.25) is 9.59 Å². The van der Waals surface area contributed by atoms with Crippen LogP contribution in [-0.2, 0) is 27.3 Å². The number of hydrogen-bond donors (Lipinski definition) is 2. The molecule has 0 radical (unpaired) electrons. The highest BCUT2D eigenvalue weighted by Crippen LogP contribution is 2.52. The number of rotatable bonds is 6. The summed E-state index contributed by atoms with van der Waals surface area (Å²) in [5.74, 6) is -0.412. The number of nitrogens with one attached hydrogen (secondary N) is 2. The van der Waals surface area contributed by atoms with Crippen LogP contribution in [0.4, 0.5) is 0 Å². The lowest BCUT2D eigenvalue weighted by atomic mass is 9.77. The number of hydrogen-bond acceptors (Lipinski definition) is 4. The van der Waals surface area contributed by atoms with Gasteiger partial charge in [0.15, 0.2) is 0 Å². The van der Waals surface area contributed by atoms with Crippen molar-refractivity contribution in [2.75, 3.05) is 13.1 Å². The van der Waals surface area contributed by atoms with Gasteiger partial charge in [-0.1, -0.05) is 30.4 Å². The minimum atomic E-state index is -0.701. The number of aromatic nitrogens is 1. The van der Waals surface area contributed by atoms with Gasteiger partial charge in [-0.2, -0.15) is 0 Å². The summed E-state index contributed by atoms with van der Waals surface area (Å²) in [5.41, 5.74) is 1.55. The number of carbonyl (C=O) groups excluding carboxylic acids is 2. The highest BCUT2D eigenvalue weighted by atomic mass is 16.5. The van der Waals surface area contributed by atoms with Crippen molar-refractivity contribution in [1.82, 2.24) is 15.2 Å². The monoisotopic (exact) mass is 417 g/mol. The molecule has 3 aliphatic heterocycles. The highest BCUT2D eigenvalue weighted by molar-refractivity contribution is 5.93. The smallest absolute Gasteiger partial charge is 0.230 e. The molecule has 6 rings (SSSR count). The summed E-state index contributed by atoms with van der Waals surface area (Å²) in [5, 5.41) is 4.21. The molecule has 31 heavy (non-hydrogen) atoms. The molecule has 158 valence electrons. The van der Waals surface area contributed by atoms with Crippen LogP contribution in [0.2, 0.25) is 0 Å². The summed E-state index contributed by atoms with van der Waals surface area (Å²) in [4.78, 5) is 31.3. The van der Waals surface area contributed by atoms with Crippen LogP contribution in [0.3, 0.4) is 0 Å². The standard InChI is InChI=1S/C24H23N3O4/c28-22(25-10-8-15-12-26-18-6-2-1-5-17(15)18)20-19-7-9-24(31-19)14-27(23(29)21(20)24)13-16-4-3-11-30-16/h1-7,9,11-12,19-21,26H,8,10,13-14H2,(H,25,28)/t19-,20-,21+,24-/m1/s1. The summed E-state index contributed by atoms with van der Waals surface area (Å²) >= 11 is 0. The molecule has 2 bridgehead atoms. The van der Waals surface area contributed by atoms with Gasteiger partial charge in [-0.05, 0) is 30.2 Å². The van der Waals surface area contributed by atoms with Crippen molar-refractivity contribution in [3.63, 3.8) is 0 Å². The first kappa shape index (κ1) is 18.4. The van der Waals surface area contributed by atoms with Crippen LogP contribution >= 0.6 is 0 Å². The number of fused-ring (bicyclic) bond motifs is 2. The number of likely N-dealkylation sites (tertiary alicyclic amines) is 1. The summed E-state index contributed by atoms with van der Waals surface area (Å²) in [6.07, 6.45) is 7.87. The van der Waals surface area contributed by atoms with Crippen LogP contribution in [0.15, 0.2) is 65.4 Å². The fraction of sp³-hybridized carbons (Fsp3) is 0.333. The number of furan rings is 1. The van der Waals surface area contributed by atoms with Gasteiger partial charge in [0.1, 0.15) is 11.4 Å². The third-order valence-corrected chi connectivity index (χ3v) is 6.78. The Labute approximate surface area is 179 Å². The van der Waals surface area contributed by atoms with Crippen LogP contribution in [0, 0.1) is 11.8 Å². The lowest BCUT2D eigenvalue weighted by Crippen LogP contribution is -2.44. The molecule has 2 aromatic heterocycles. The van der Waals surface area contributed by atoms with Gasteiger partial charge >= 0.3 is 0 Å². The topological polar surface area (TPSA) is 87.6 Å². The normalized spacial score (nSPS) is 28.6. The van der Waals surface area contributed by atoms with E-state index in [1.54, 1.807) is 17.2 Å². The van der Waals surface area contributed by atoms with Crippen LogP contribution in [0.25, 0.3) is 10.9 Å². The highest BCUT2D eigenvalue weighted by Gasteiger charge is 2.66. The quantitative estimate of drug-likeness (QED) is 0.603. The molecule has 0 saturated carbocycles. The number of ether oxygens (including phenoxy) is 1. The van der Waals surface area contributed by atoms with E-state index in [0.717, 1.165) is 23.3 Å². The van der Waals surface area contributed by atoms with E-state index in [2.05, 4.69) is 16.4 Å². The Morgan fingerprint density at radius 3 is 3.03 bits per heavy atom. The van der Waals surface area contributed by atoms with Gasteiger partial charge in [-0.25, -0.2) is 0 Å². The number of nitrogens with zero attached hydrogens (tertiary/aromatic N) is 1. The first-order valence-corrected chi connectivity index (χ1v) is 10.7. The molecule has 2 N–H and O–H groups in total. The molecule has 3 aromatic rings. The predicted molar refractivity (Wildman–Crippen MR) is 113 cm³/mol. The number of benzene rings is 1. The molecule has 0 aliphatic carbocycles. The second kappa shape index (κ2) is 6.85. The molecule has 7 nitrogen and oxygen atoms in total. The predicted octanol–water partition coefficient (Wildman–Crippen LogP) is 2.40. The Balaban J connectivity index is 1.15. The average Bonchev–Trinajstić information content (AvgIpc) is 3.58. The van der Waals surface area contributed by atoms with Crippen molar-refractivity contribution in [2.45, 2.75) is 24.7 Å². The van der Waals surface area contributed by atoms with Crippen molar-refractivity contribution in [2.24, 2.45) is 11.8 Å². The van der Waals surface area contributed by atoms with Gasteiger partial charge in [-0.15, -0.1) is 0 Å². The molecule has 2 fully saturated rings. The average molecular weight is 417 g/mol. The lowest BCUT2D eigenvalue weighted by molar-refractivity contribution is -0.138. The molecule has 1 spiro atoms. The van der Waals surface area contributed by atoms with E-state index in [0.29, 0.717) is 19.6 Å². The van der Waals surface area contributed by atoms with Gasteiger partial charge in [0.25, 0.3) is 0 Å². The van der Waals surface area contributed by atoms with Crippen LogP contribution in [0.5, 0.6) is 0 Å². The second-order valence-corrected chi connectivity index (χ2v) is 8.57. The van der Waals surface area contributed by atoms with Crippen molar-refractivity contribution < 1.29 is 18.7 Å². The Morgan fingerprint density at radius 2 is 2.16 bits per heavy atom. The number of amides is 2. The first-order valence-electron chi connectivity index (χ1n) is 10.7. The molecule has 5 heterocycles. The maximum Gasteiger partial charge on any atom is 0.230 e. The van der Waals surface area contributed by atoms with E-state index in [1.807, 2.05) is 42.6 Å². The molecule has 0 unspecified atom stereocenters. The third-order valence-electron chi connectivity index (χ3n) is 6.78. The second-order valence-electron chi connectivity index (χ2n) is 8.57. The van der Waals surface area contributed by atoms with Gasteiger partial charge in [0.2, 0.25) is 11.8 Å². The molecule has 3 aliphatic rings. The van der Waals surface area contributed by atoms with Crippen LogP contribution in [0.1, 0.15) is 11.3 Å². The Kier molecular flexibility index (Phi) is 4.08. The zero-order valence-corrected chi connectivity index (χ0v) is 16.9. The fourth-order valence-corrected chi connectivity index (χ4v) is 5.38. The van der Waals surface area contributed by atoms with Crippen molar-refractivity contribution >= 4 is 22.7 Å². The van der Waals surface area contributed by atoms with Crippen molar-refractivity contribution in [3.05, 3.63) is 72.3 Å². The minimum Gasteiger partial charge on any atom is -0.467 e. The summed E-state index contributed by atoms with van der Waals surface area (Å²) in [6.45, 7) is 1.35. The van der Waals surface area contributed by atoms with E-state index in [1.165, 1.54) is 5.39 Å².